The first kappa shape index (κ1) is 12.1. The second-order valence-electron chi connectivity index (χ2n) is 3.79. The third kappa shape index (κ3) is 2.48. The third-order valence-electron chi connectivity index (χ3n) is 2.66. The number of hydrogen-bond donors (Lipinski definition) is 0. The Morgan fingerprint density at radius 1 is 1.17 bits per heavy atom. The van der Waals surface area contributed by atoms with Crippen molar-refractivity contribution in [2.24, 2.45) is 0 Å². The van der Waals surface area contributed by atoms with Crippen LogP contribution >= 0.6 is 0 Å². The van der Waals surface area contributed by atoms with E-state index in [0.29, 0.717) is 5.56 Å². The summed E-state index contributed by atoms with van der Waals surface area (Å²) in [5.74, 6) is 0.394. The van der Waals surface area contributed by atoms with Crippen molar-refractivity contribution in [3.63, 3.8) is 0 Å². The van der Waals surface area contributed by atoms with Gasteiger partial charge < -0.3 is 9.64 Å². The van der Waals surface area contributed by atoms with E-state index >= 15 is 0 Å². The SMILES string of the molecule is COC(=O)c1ccc(N(C)c2ccccc2)nc1. The maximum Gasteiger partial charge on any atom is 0.339 e. The number of nitrogens with zero attached hydrogens (tertiary/aromatic N) is 2. The standard InChI is InChI=1S/C14H14N2O2/c1-16(12-6-4-3-5-7-12)13-9-8-11(10-15-13)14(17)18-2/h3-10H,1-2H3. The van der Waals surface area contributed by atoms with Crippen molar-refractivity contribution in [1.82, 2.24) is 4.98 Å². The normalized spacial score (nSPS) is 9.89. The van der Waals surface area contributed by atoms with Gasteiger partial charge in [-0.25, -0.2) is 9.78 Å². The van der Waals surface area contributed by atoms with Gasteiger partial charge in [-0.05, 0) is 24.3 Å². The largest absolute Gasteiger partial charge is 0.465 e. The van der Waals surface area contributed by atoms with Gasteiger partial charge in [0.05, 0.1) is 12.7 Å². The molecule has 0 atom stereocenters. The highest BCUT2D eigenvalue weighted by Crippen LogP contribution is 2.20. The molecular formula is C14H14N2O2. The predicted molar refractivity (Wildman–Crippen MR) is 70.1 cm³/mol. The van der Waals surface area contributed by atoms with Crippen LogP contribution in [0.5, 0.6) is 0 Å². The Morgan fingerprint density at radius 3 is 2.44 bits per heavy atom. The molecule has 4 nitrogen and oxygen atoms in total. The maximum absolute atomic E-state index is 11.3. The Hall–Kier alpha value is -2.36. The Bertz CT molecular complexity index is 523. The quantitative estimate of drug-likeness (QED) is 0.776. The summed E-state index contributed by atoms with van der Waals surface area (Å²) in [6, 6.07) is 13.4. The number of benzene rings is 1. The average Bonchev–Trinajstić information content (AvgIpc) is 2.47. The van der Waals surface area contributed by atoms with Crippen LogP contribution in [0.3, 0.4) is 0 Å². The fraction of sp³-hybridized carbons (Fsp3) is 0.143. The van der Waals surface area contributed by atoms with Gasteiger partial charge in [0.25, 0.3) is 0 Å². The molecule has 0 aliphatic carbocycles. The lowest BCUT2D eigenvalue weighted by Gasteiger charge is -2.18. The summed E-state index contributed by atoms with van der Waals surface area (Å²) in [6.07, 6.45) is 1.51. The summed E-state index contributed by atoms with van der Waals surface area (Å²) in [5.41, 5.74) is 1.48. The van der Waals surface area contributed by atoms with E-state index in [1.54, 1.807) is 12.1 Å². The molecule has 0 aliphatic heterocycles. The smallest absolute Gasteiger partial charge is 0.339 e. The van der Waals surface area contributed by atoms with Gasteiger partial charge in [-0.1, -0.05) is 18.2 Å². The Labute approximate surface area is 106 Å². The van der Waals surface area contributed by atoms with Gasteiger partial charge in [0.2, 0.25) is 0 Å². The number of rotatable bonds is 3. The molecule has 1 aromatic carbocycles. The highest BCUT2D eigenvalue weighted by Gasteiger charge is 2.08. The highest BCUT2D eigenvalue weighted by molar-refractivity contribution is 5.89. The van der Waals surface area contributed by atoms with Crippen LogP contribution in [0.4, 0.5) is 11.5 Å². The van der Waals surface area contributed by atoms with Crippen LogP contribution in [-0.4, -0.2) is 25.1 Å². The monoisotopic (exact) mass is 242 g/mol. The van der Waals surface area contributed by atoms with E-state index in [2.05, 4.69) is 9.72 Å². The zero-order chi connectivity index (χ0) is 13.0. The van der Waals surface area contributed by atoms with Crippen molar-refractivity contribution in [1.29, 1.82) is 0 Å². The number of carbonyl (C=O) groups excluding carboxylic acids is 1. The third-order valence-corrected chi connectivity index (χ3v) is 2.66. The predicted octanol–water partition coefficient (Wildman–Crippen LogP) is 2.64. The molecule has 2 rings (SSSR count). The molecule has 4 heteroatoms. The summed E-state index contributed by atoms with van der Waals surface area (Å²) in [7, 11) is 3.28. The first-order chi connectivity index (χ1) is 8.72. The topological polar surface area (TPSA) is 42.4 Å². The number of aromatic nitrogens is 1. The van der Waals surface area contributed by atoms with Crippen molar-refractivity contribution in [3.8, 4) is 0 Å². The summed E-state index contributed by atoms with van der Waals surface area (Å²) < 4.78 is 4.63. The van der Waals surface area contributed by atoms with Crippen molar-refractivity contribution >= 4 is 17.5 Å². The van der Waals surface area contributed by atoms with Crippen molar-refractivity contribution in [2.75, 3.05) is 19.1 Å². The molecule has 0 amide bonds. The number of para-hydroxylation sites is 1. The number of pyridine rings is 1. The molecule has 2 aromatic rings. The van der Waals surface area contributed by atoms with Crippen LogP contribution in [-0.2, 0) is 4.74 Å². The second kappa shape index (κ2) is 5.31. The highest BCUT2D eigenvalue weighted by atomic mass is 16.5. The summed E-state index contributed by atoms with van der Waals surface area (Å²) >= 11 is 0. The molecule has 0 spiro atoms. The van der Waals surface area contributed by atoms with Gasteiger partial charge in [0.15, 0.2) is 0 Å². The van der Waals surface area contributed by atoms with Gasteiger partial charge >= 0.3 is 5.97 Å². The molecule has 0 unspecified atom stereocenters. The van der Waals surface area contributed by atoms with Crippen LogP contribution in [0.25, 0.3) is 0 Å². The lowest BCUT2D eigenvalue weighted by molar-refractivity contribution is 0.0600. The molecule has 0 radical (unpaired) electrons. The Morgan fingerprint density at radius 2 is 1.89 bits per heavy atom. The molecule has 0 aliphatic rings. The second-order valence-corrected chi connectivity index (χ2v) is 3.79. The van der Waals surface area contributed by atoms with Gasteiger partial charge in [-0.2, -0.15) is 0 Å². The lowest BCUT2D eigenvalue weighted by Crippen LogP contribution is -2.11. The molecule has 0 N–H and O–H groups in total. The first-order valence-corrected chi connectivity index (χ1v) is 5.55. The van der Waals surface area contributed by atoms with E-state index in [1.807, 2.05) is 42.3 Å². The van der Waals surface area contributed by atoms with Crippen LogP contribution in [0, 0.1) is 0 Å². The lowest BCUT2D eigenvalue weighted by atomic mass is 10.2. The van der Waals surface area contributed by atoms with E-state index in [4.69, 9.17) is 0 Å². The molecule has 0 saturated carbocycles. The van der Waals surface area contributed by atoms with E-state index in [1.165, 1.54) is 13.3 Å². The first-order valence-electron chi connectivity index (χ1n) is 5.55. The maximum atomic E-state index is 11.3. The van der Waals surface area contributed by atoms with Crippen LogP contribution in [0.1, 0.15) is 10.4 Å². The summed E-state index contributed by atoms with van der Waals surface area (Å²) in [4.78, 5) is 17.5. The fourth-order valence-corrected chi connectivity index (χ4v) is 1.61. The molecule has 0 saturated heterocycles. The van der Waals surface area contributed by atoms with Gasteiger partial charge in [-0.3, -0.25) is 0 Å². The minimum atomic E-state index is -0.378. The number of carbonyl (C=O) groups is 1. The van der Waals surface area contributed by atoms with Gasteiger partial charge in [-0.15, -0.1) is 0 Å². The Kier molecular flexibility index (Phi) is 3.57. The molecule has 0 fully saturated rings. The molecule has 1 aromatic heterocycles. The minimum absolute atomic E-state index is 0.378. The van der Waals surface area contributed by atoms with E-state index in [9.17, 15) is 4.79 Å². The number of esters is 1. The minimum Gasteiger partial charge on any atom is -0.465 e. The van der Waals surface area contributed by atoms with Crippen LogP contribution in [0.2, 0.25) is 0 Å². The molecule has 18 heavy (non-hydrogen) atoms. The molecular weight excluding hydrogens is 228 g/mol. The number of methoxy groups -OCH3 is 1. The summed E-state index contributed by atoms with van der Waals surface area (Å²) in [6.45, 7) is 0. The molecule has 92 valence electrons. The fourth-order valence-electron chi connectivity index (χ4n) is 1.61. The number of hydrogen-bond acceptors (Lipinski definition) is 4. The van der Waals surface area contributed by atoms with Crippen LogP contribution in [0.15, 0.2) is 48.7 Å². The van der Waals surface area contributed by atoms with E-state index in [-0.39, 0.29) is 5.97 Å². The molecule has 0 bridgehead atoms. The average molecular weight is 242 g/mol. The van der Waals surface area contributed by atoms with E-state index < -0.39 is 0 Å². The summed E-state index contributed by atoms with van der Waals surface area (Å²) in [5, 5.41) is 0. The zero-order valence-electron chi connectivity index (χ0n) is 10.3. The van der Waals surface area contributed by atoms with E-state index in [0.717, 1.165) is 11.5 Å². The number of ether oxygens (including phenoxy) is 1. The number of anilines is 2. The Balaban J connectivity index is 2.22. The van der Waals surface area contributed by atoms with Crippen molar-refractivity contribution in [3.05, 3.63) is 54.2 Å². The van der Waals surface area contributed by atoms with Crippen molar-refractivity contribution in [2.45, 2.75) is 0 Å². The van der Waals surface area contributed by atoms with Gasteiger partial charge in [0.1, 0.15) is 5.82 Å². The zero-order valence-corrected chi connectivity index (χ0v) is 10.3. The molecule has 1 heterocycles. The van der Waals surface area contributed by atoms with Crippen molar-refractivity contribution < 1.29 is 9.53 Å². The van der Waals surface area contributed by atoms with Gasteiger partial charge in [0, 0.05) is 18.9 Å². The van der Waals surface area contributed by atoms with Crippen LogP contribution < -0.4 is 4.90 Å².